The molecule has 1 heterocycles. The lowest BCUT2D eigenvalue weighted by atomic mass is 10.3. The molecule has 9 heteroatoms. The highest BCUT2D eigenvalue weighted by molar-refractivity contribution is 9.10. The lowest BCUT2D eigenvalue weighted by Crippen LogP contribution is -2.15. The van der Waals surface area contributed by atoms with E-state index in [1.165, 1.54) is 26.4 Å². The van der Waals surface area contributed by atoms with Crippen molar-refractivity contribution in [3.8, 4) is 11.5 Å². The summed E-state index contributed by atoms with van der Waals surface area (Å²) in [6.45, 7) is 0. The third-order valence-corrected chi connectivity index (χ3v) is 4.66. The van der Waals surface area contributed by atoms with Crippen molar-refractivity contribution in [2.45, 2.75) is 4.90 Å². The number of anilines is 1. The van der Waals surface area contributed by atoms with Gasteiger partial charge in [-0.15, -0.1) is 0 Å². The molecule has 1 N–H and O–H groups in total. The van der Waals surface area contributed by atoms with E-state index in [0.29, 0.717) is 5.75 Å². The molecule has 0 saturated heterocycles. The van der Waals surface area contributed by atoms with Crippen LogP contribution in [0.2, 0.25) is 0 Å². The highest BCUT2D eigenvalue weighted by Crippen LogP contribution is 2.30. The van der Waals surface area contributed by atoms with Crippen molar-refractivity contribution >= 4 is 31.8 Å². The quantitative estimate of drug-likeness (QED) is 0.848. The fourth-order valence-electron chi connectivity index (χ4n) is 1.67. The van der Waals surface area contributed by atoms with Crippen LogP contribution in [0.4, 0.5) is 10.2 Å². The molecule has 6 nitrogen and oxygen atoms in total. The average molecular weight is 391 g/mol. The second kappa shape index (κ2) is 6.49. The van der Waals surface area contributed by atoms with E-state index in [9.17, 15) is 12.8 Å². The first-order valence-corrected chi connectivity index (χ1v) is 8.21. The van der Waals surface area contributed by atoms with Crippen LogP contribution in [-0.2, 0) is 10.0 Å². The molecule has 118 valence electrons. The summed E-state index contributed by atoms with van der Waals surface area (Å²) in [4.78, 5) is 3.58. The van der Waals surface area contributed by atoms with Gasteiger partial charge in [0.2, 0.25) is 0 Å². The molecule has 1 aromatic carbocycles. The number of sulfonamides is 1. The van der Waals surface area contributed by atoms with Gasteiger partial charge in [-0.05, 0) is 34.1 Å². The summed E-state index contributed by atoms with van der Waals surface area (Å²) in [6.07, 6.45) is 0.908. The van der Waals surface area contributed by atoms with Gasteiger partial charge in [0.1, 0.15) is 22.2 Å². The molecule has 22 heavy (non-hydrogen) atoms. The first-order chi connectivity index (χ1) is 10.4. The molecular weight excluding hydrogens is 379 g/mol. The highest BCUT2D eigenvalue weighted by atomic mass is 79.9. The van der Waals surface area contributed by atoms with Gasteiger partial charge in [0, 0.05) is 6.07 Å². The van der Waals surface area contributed by atoms with Gasteiger partial charge in [-0.2, -0.15) is 0 Å². The molecular formula is C13H12BrFN2O4S. The van der Waals surface area contributed by atoms with Gasteiger partial charge in [-0.3, -0.25) is 4.72 Å². The normalized spacial score (nSPS) is 11.1. The summed E-state index contributed by atoms with van der Waals surface area (Å²) in [6, 6.07) is 5.47. The number of methoxy groups -OCH3 is 2. The molecule has 0 saturated carbocycles. The molecule has 0 amide bonds. The number of halogens is 2. The van der Waals surface area contributed by atoms with E-state index in [1.807, 2.05) is 0 Å². The van der Waals surface area contributed by atoms with Gasteiger partial charge in [0.25, 0.3) is 10.0 Å². The lowest BCUT2D eigenvalue weighted by Gasteiger charge is -2.13. The van der Waals surface area contributed by atoms with Crippen LogP contribution in [0.25, 0.3) is 0 Å². The van der Waals surface area contributed by atoms with Gasteiger partial charge < -0.3 is 9.47 Å². The zero-order valence-electron chi connectivity index (χ0n) is 11.6. The summed E-state index contributed by atoms with van der Waals surface area (Å²) in [7, 11) is -1.22. The Kier molecular flexibility index (Phi) is 4.87. The fraction of sp³-hybridized carbons (Fsp3) is 0.154. The Bertz CT molecular complexity index is 799. The average Bonchev–Trinajstić information content (AvgIpc) is 2.49. The van der Waals surface area contributed by atoms with Crippen molar-refractivity contribution in [1.29, 1.82) is 0 Å². The number of nitrogens with zero attached hydrogens (tertiary/aromatic N) is 1. The van der Waals surface area contributed by atoms with E-state index in [-0.39, 0.29) is 20.9 Å². The zero-order valence-corrected chi connectivity index (χ0v) is 14.0. The molecule has 0 aliphatic heterocycles. The van der Waals surface area contributed by atoms with Gasteiger partial charge in [0.15, 0.2) is 5.82 Å². The van der Waals surface area contributed by atoms with E-state index in [1.54, 1.807) is 6.07 Å². The molecule has 1 aromatic heterocycles. The van der Waals surface area contributed by atoms with Crippen molar-refractivity contribution in [2.24, 2.45) is 0 Å². The molecule has 0 spiro atoms. The number of benzene rings is 1. The Hall–Kier alpha value is -1.87. The maximum Gasteiger partial charge on any atom is 0.266 e. The minimum absolute atomic E-state index is 0.0359. The number of hydrogen-bond acceptors (Lipinski definition) is 5. The van der Waals surface area contributed by atoms with Crippen LogP contribution >= 0.6 is 15.9 Å². The standard InChI is InChI=1S/C13H12BrFN2O4S/c1-20-9-3-4-11(21-2)12(6-9)22(18,19)17-13-10(14)5-8(15)7-16-13/h3-7H,1-2H3,(H,16,17). The molecule has 0 fully saturated rings. The SMILES string of the molecule is COc1ccc(OC)c(S(=O)(=O)Nc2ncc(F)cc2Br)c1. The number of ether oxygens (including phenoxy) is 2. The molecule has 0 aliphatic carbocycles. The molecule has 0 aliphatic rings. The largest absolute Gasteiger partial charge is 0.497 e. The molecule has 0 bridgehead atoms. The van der Waals surface area contributed by atoms with Crippen LogP contribution in [0.5, 0.6) is 11.5 Å². The number of nitrogens with one attached hydrogen (secondary N) is 1. The van der Waals surface area contributed by atoms with Gasteiger partial charge in [0.05, 0.1) is 24.9 Å². The third-order valence-electron chi connectivity index (χ3n) is 2.70. The second-order valence-corrected chi connectivity index (χ2v) is 6.61. The monoisotopic (exact) mass is 390 g/mol. The van der Waals surface area contributed by atoms with Crippen LogP contribution in [0, 0.1) is 5.82 Å². The topological polar surface area (TPSA) is 77.5 Å². The first-order valence-electron chi connectivity index (χ1n) is 5.93. The Labute approximate surface area is 135 Å². The van der Waals surface area contributed by atoms with Crippen molar-refractivity contribution in [1.82, 2.24) is 4.98 Å². The van der Waals surface area contributed by atoms with Gasteiger partial charge in [-0.1, -0.05) is 0 Å². The van der Waals surface area contributed by atoms with Crippen LogP contribution in [0.1, 0.15) is 0 Å². The number of aromatic nitrogens is 1. The molecule has 2 aromatic rings. The van der Waals surface area contributed by atoms with E-state index in [2.05, 4.69) is 25.6 Å². The smallest absolute Gasteiger partial charge is 0.266 e. The predicted octanol–water partition coefficient (Wildman–Crippen LogP) is 2.80. The minimum atomic E-state index is -3.99. The summed E-state index contributed by atoms with van der Waals surface area (Å²) in [5.41, 5.74) is 0. The molecule has 2 rings (SSSR count). The summed E-state index contributed by atoms with van der Waals surface area (Å²) >= 11 is 3.05. The molecule has 0 atom stereocenters. The number of pyridine rings is 1. The van der Waals surface area contributed by atoms with E-state index >= 15 is 0 Å². The minimum Gasteiger partial charge on any atom is -0.497 e. The Morgan fingerprint density at radius 1 is 1.23 bits per heavy atom. The van der Waals surface area contributed by atoms with Crippen molar-refractivity contribution < 1.29 is 22.3 Å². The Morgan fingerprint density at radius 3 is 2.55 bits per heavy atom. The molecule has 0 radical (unpaired) electrons. The van der Waals surface area contributed by atoms with Gasteiger partial charge in [-0.25, -0.2) is 17.8 Å². The summed E-state index contributed by atoms with van der Waals surface area (Å²) in [5, 5.41) is 0. The first kappa shape index (κ1) is 16.5. The summed E-state index contributed by atoms with van der Waals surface area (Å²) < 4.78 is 50.5. The van der Waals surface area contributed by atoms with Crippen LogP contribution in [0.15, 0.2) is 39.8 Å². The van der Waals surface area contributed by atoms with Crippen LogP contribution in [-0.4, -0.2) is 27.6 Å². The summed E-state index contributed by atoms with van der Waals surface area (Å²) in [5.74, 6) is -0.126. The van der Waals surface area contributed by atoms with E-state index < -0.39 is 15.8 Å². The Balaban J connectivity index is 2.46. The van der Waals surface area contributed by atoms with Crippen molar-refractivity contribution in [2.75, 3.05) is 18.9 Å². The maximum atomic E-state index is 13.0. The van der Waals surface area contributed by atoms with Gasteiger partial charge >= 0.3 is 0 Å². The van der Waals surface area contributed by atoms with E-state index in [0.717, 1.165) is 12.3 Å². The molecule has 0 unspecified atom stereocenters. The van der Waals surface area contributed by atoms with Crippen LogP contribution in [0.3, 0.4) is 0 Å². The lowest BCUT2D eigenvalue weighted by molar-refractivity contribution is 0.392. The number of hydrogen-bond donors (Lipinski definition) is 1. The van der Waals surface area contributed by atoms with Crippen molar-refractivity contribution in [3.05, 3.63) is 40.8 Å². The van der Waals surface area contributed by atoms with Crippen LogP contribution < -0.4 is 14.2 Å². The van der Waals surface area contributed by atoms with E-state index in [4.69, 9.17) is 9.47 Å². The maximum absolute atomic E-state index is 13.0. The predicted molar refractivity (Wildman–Crippen MR) is 82.2 cm³/mol. The third kappa shape index (κ3) is 3.47. The number of rotatable bonds is 5. The highest BCUT2D eigenvalue weighted by Gasteiger charge is 2.22. The zero-order chi connectivity index (χ0) is 16.3. The second-order valence-electron chi connectivity index (χ2n) is 4.11. The fourth-order valence-corrected chi connectivity index (χ4v) is 3.43. The van der Waals surface area contributed by atoms with Crippen molar-refractivity contribution in [3.63, 3.8) is 0 Å². The Morgan fingerprint density at radius 2 is 1.95 bits per heavy atom.